The number of nitrogens with one attached hydrogen (secondary N) is 1. The van der Waals surface area contributed by atoms with Gasteiger partial charge in [0.25, 0.3) is 5.91 Å². The minimum atomic E-state index is -3.35. The van der Waals surface area contributed by atoms with Gasteiger partial charge in [0.1, 0.15) is 29.5 Å². The lowest BCUT2D eigenvalue weighted by molar-refractivity contribution is -0.0920. The number of aromatic nitrogens is 4. The molecule has 7 rings (SSSR count). The second-order valence-corrected chi connectivity index (χ2v) is 28.2. The van der Waals surface area contributed by atoms with Crippen molar-refractivity contribution in [2.45, 2.75) is 114 Å². The highest BCUT2D eigenvalue weighted by Gasteiger charge is 2.57. The van der Waals surface area contributed by atoms with E-state index in [1.165, 1.54) is 6.33 Å². The highest BCUT2D eigenvalue weighted by Crippen LogP contribution is 2.62. The van der Waals surface area contributed by atoms with Crippen molar-refractivity contribution >= 4 is 38.5 Å². The molecular weight excluding hydrogens is 906 g/mol. The highest BCUT2D eigenvalue weighted by molar-refractivity contribution is 7.62. The smallest absolute Gasteiger partial charge is 0.256 e. The number of ether oxygens (including phenoxy) is 4. The summed E-state index contributed by atoms with van der Waals surface area (Å²) < 4.78 is 53.8. The lowest BCUT2D eigenvalue weighted by Crippen LogP contribution is -2.55. The Morgan fingerprint density at radius 2 is 1.39 bits per heavy atom. The van der Waals surface area contributed by atoms with E-state index in [-0.39, 0.29) is 47.7 Å². The van der Waals surface area contributed by atoms with Gasteiger partial charge in [-0.2, -0.15) is 5.26 Å². The zero-order valence-corrected chi connectivity index (χ0v) is 43.5. The number of nitrogens with zero attached hydrogens (tertiary/aromatic N) is 6. The third-order valence-electron chi connectivity index (χ3n) is 13.8. The number of nitriles is 1. The van der Waals surface area contributed by atoms with Gasteiger partial charge in [-0.3, -0.25) is 9.36 Å². The summed E-state index contributed by atoms with van der Waals surface area (Å²) >= 11 is 0. The van der Waals surface area contributed by atoms with Crippen molar-refractivity contribution in [2.75, 3.05) is 32.7 Å². The van der Waals surface area contributed by atoms with Crippen molar-refractivity contribution in [3.63, 3.8) is 0 Å². The van der Waals surface area contributed by atoms with Gasteiger partial charge in [0.05, 0.1) is 45.4 Å². The topological polar surface area (TPSA) is 163 Å². The molecule has 69 heavy (non-hydrogen) atoms. The van der Waals surface area contributed by atoms with Crippen LogP contribution in [0.25, 0.3) is 11.2 Å². The van der Waals surface area contributed by atoms with E-state index in [9.17, 15) is 10.1 Å². The molecule has 364 valence electrons. The molecular formula is C53H66N7O7PSi. The first-order valence-corrected chi connectivity index (χ1v) is 28.2. The number of imidazole rings is 1. The Balaban J connectivity index is 1.45. The van der Waals surface area contributed by atoms with Crippen molar-refractivity contribution in [3.05, 3.63) is 144 Å². The summed E-state index contributed by atoms with van der Waals surface area (Å²) in [6, 6.07) is 36.3. The van der Waals surface area contributed by atoms with Crippen molar-refractivity contribution < 1.29 is 32.7 Å². The fourth-order valence-electron chi connectivity index (χ4n) is 9.11. The Morgan fingerprint density at radius 3 is 1.91 bits per heavy atom. The van der Waals surface area contributed by atoms with Gasteiger partial charge in [0.2, 0.25) is 0 Å². The molecule has 0 radical (unpaired) electrons. The van der Waals surface area contributed by atoms with Crippen molar-refractivity contribution in [1.29, 1.82) is 5.26 Å². The fourth-order valence-corrected chi connectivity index (χ4v) is 13.9. The molecule has 4 aromatic carbocycles. The van der Waals surface area contributed by atoms with E-state index >= 15 is 4.57 Å². The second kappa shape index (κ2) is 21.1. The van der Waals surface area contributed by atoms with Crippen molar-refractivity contribution in [1.82, 2.24) is 24.2 Å². The molecule has 14 nitrogen and oxygen atoms in total. The van der Waals surface area contributed by atoms with Gasteiger partial charge in [0.15, 0.2) is 38.8 Å². The van der Waals surface area contributed by atoms with Crippen molar-refractivity contribution in [3.8, 4) is 17.6 Å². The van der Waals surface area contributed by atoms with E-state index < -0.39 is 45.7 Å². The number of hydrogen-bond acceptors (Lipinski definition) is 11. The average Bonchev–Trinajstić information content (AvgIpc) is 3.93. The van der Waals surface area contributed by atoms with E-state index in [1.807, 2.05) is 110 Å². The molecule has 16 heteroatoms. The lowest BCUT2D eigenvalue weighted by atomic mass is 9.80. The Bertz CT molecular complexity index is 2700. The van der Waals surface area contributed by atoms with Crippen LogP contribution in [0.5, 0.6) is 11.5 Å². The predicted molar refractivity (Wildman–Crippen MR) is 273 cm³/mol. The molecule has 0 spiro atoms. The number of benzene rings is 4. The number of methoxy groups -OCH3 is 2. The number of amides is 1. The molecule has 0 saturated carbocycles. The first-order chi connectivity index (χ1) is 32.9. The molecule has 1 amide bonds. The van der Waals surface area contributed by atoms with Crippen LogP contribution in [0.3, 0.4) is 0 Å². The summed E-state index contributed by atoms with van der Waals surface area (Å²) in [6.45, 7) is 19.1. The van der Waals surface area contributed by atoms with Crippen LogP contribution in [0.2, 0.25) is 18.1 Å². The van der Waals surface area contributed by atoms with Crippen LogP contribution < -0.4 is 14.8 Å². The van der Waals surface area contributed by atoms with Crippen LogP contribution in [0.15, 0.2) is 122 Å². The van der Waals surface area contributed by atoms with Gasteiger partial charge >= 0.3 is 0 Å². The third kappa shape index (κ3) is 10.2. The molecule has 3 heterocycles. The molecule has 0 bridgehead atoms. The quantitative estimate of drug-likeness (QED) is 0.0465. The maximum absolute atomic E-state index is 16.1. The molecule has 0 aliphatic carbocycles. The van der Waals surface area contributed by atoms with E-state index in [0.717, 1.165) is 16.7 Å². The van der Waals surface area contributed by atoms with Crippen LogP contribution in [-0.2, 0) is 24.1 Å². The van der Waals surface area contributed by atoms with Crippen LogP contribution in [0.1, 0.15) is 88.2 Å². The van der Waals surface area contributed by atoms with Gasteiger partial charge in [-0.05, 0) is 71.2 Å². The van der Waals surface area contributed by atoms with Gasteiger partial charge < -0.3 is 33.3 Å². The molecule has 4 atom stereocenters. The van der Waals surface area contributed by atoms with E-state index in [2.05, 4.69) is 62.4 Å². The summed E-state index contributed by atoms with van der Waals surface area (Å²) in [5.74, 6) is 1.26. The first kappa shape index (κ1) is 51.1. The third-order valence-corrected chi connectivity index (χ3v) is 22.5. The van der Waals surface area contributed by atoms with Gasteiger partial charge in [0, 0.05) is 29.8 Å². The lowest BCUT2D eigenvalue weighted by Gasteiger charge is -2.46. The zero-order valence-electron chi connectivity index (χ0n) is 41.6. The summed E-state index contributed by atoms with van der Waals surface area (Å²) in [4.78, 5) is 27.5. The Morgan fingerprint density at radius 1 is 0.841 bits per heavy atom. The number of carbonyl (C=O) groups is 1. The molecule has 1 saturated heterocycles. The van der Waals surface area contributed by atoms with Gasteiger partial charge in [-0.25, -0.2) is 19.6 Å². The fraction of sp³-hybridized carbons (Fsp3) is 0.415. The molecule has 1 aliphatic heterocycles. The molecule has 6 aromatic rings. The Labute approximate surface area is 407 Å². The van der Waals surface area contributed by atoms with Crippen LogP contribution in [0, 0.1) is 11.3 Å². The van der Waals surface area contributed by atoms with E-state index in [1.54, 1.807) is 44.8 Å². The normalized spacial score (nSPS) is 17.9. The standard InChI is InChI=1S/C53H66N7O7PSi/c1-36(2)68(62,37(3)4)60(32-18-31-54)46-47(67-69(10,11)52(5,6)7)44(66-51(46)59-35-57-45-48(55-34-56-49(45)59)58-50(61)38-19-14-12-15-20-38)33-65-53(39-21-16-13-17-22-39,40-23-27-42(63-8)28-24-40)41-25-29-43(64-9)30-26-41/h12-17,19-30,34-37,44,46-47,51H,18,32-33H2,1-11H3,(H,55,56,58,61)/t44-,46-,47+,51-/m1/s1. The van der Waals surface area contributed by atoms with E-state index in [4.69, 9.17) is 33.3 Å². The van der Waals surface area contributed by atoms with Crippen LogP contribution in [-0.4, -0.2) is 95.4 Å². The monoisotopic (exact) mass is 971 g/mol. The molecule has 0 unspecified atom stereocenters. The maximum Gasteiger partial charge on any atom is 0.256 e. The van der Waals surface area contributed by atoms with Gasteiger partial charge in [-0.15, -0.1) is 0 Å². The average molecular weight is 972 g/mol. The van der Waals surface area contributed by atoms with Crippen LogP contribution in [0.4, 0.5) is 5.82 Å². The van der Waals surface area contributed by atoms with E-state index in [0.29, 0.717) is 28.2 Å². The number of carbonyl (C=O) groups excluding carboxylic acids is 1. The molecule has 1 aliphatic rings. The zero-order chi connectivity index (χ0) is 49.7. The number of rotatable bonds is 19. The van der Waals surface area contributed by atoms with Gasteiger partial charge in [-0.1, -0.05) is 121 Å². The highest BCUT2D eigenvalue weighted by atomic mass is 31.2. The number of anilines is 1. The summed E-state index contributed by atoms with van der Waals surface area (Å²) in [6.07, 6.45) is 0.648. The van der Waals surface area contributed by atoms with Crippen molar-refractivity contribution in [2.24, 2.45) is 0 Å². The first-order valence-electron chi connectivity index (χ1n) is 23.5. The Hall–Kier alpha value is -5.72. The largest absolute Gasteiger partial charge is 0.497 e. The summed E-state index contributed by atoms with van der Waals surface area (Å²) in [5, 5.41) is 12.9. The molecule has 2 aromatic heterocycles. The number of fused-ring (bicyclic) bond motifs is 1. The SMILES string of the molecule is COc1ccc(C(OC[C@H]2O[C@@H](n3cnc4c(NC(=O)c5ccccc5)ncnc43)[C@H](N(CCC#N)P(=O)(C(C)C)C(C)C)[C@H]2O[Si](C)(C)C(C)(C)C)(c2ccccc2)c2ccc(OC)cc2)cc1. The maximum atomic E-state index is 16.1. The Kier molecular flexibility index (Phi) is 15.6. The summed E-state index contributed by atoms with van der Waals surface area (Å²) in [7, 11) is -2.77. The molecule has 1 N–H and O–H groups in total. The number of hydrogen-bond donors (Lipinski definition) is 1. The predicted octanol–water partition coefficient (Wildman–Crippen LogP) is 11.1. The minimum absolute atomic E-state index is 0.00100. The van der Waals surface area contributed by atoms with Crippen LogP contribution >= 0.6 is 7.29 Å². The minimum Gasteiger partial charge on any atom is -0.497 e. The summed E-state index contributed by atoms with van der Waals surface area (Å²) in [5.41, 5.74) is 1.95. The molecule has 1 fully saturated rings. The second-order valence-electron chi connectivity index (χ2n) is 19.5.